The van der Waals surface area contributed by atoms with Crippen LogP contribution in [0.4, 0.5) is 0 Å². The summed E-state index contributed by atoms with van der Waals surface area (Å²) in [5.41, 5.74) is 0. The minimum absolute atomic E-state index is 0.356. The Kier molecular flexibility index (Phi) is 20.1. The summed E-state index contributed by atoms with van der Waals surface area (Å²) in [4.78, 5) is 10.3. The number of rotatable bonds is 23. The zero-order valence-corrected chi connectivity index (χ0v) is 23.2. The molecule has 0 heterocycles. The first-order valence-corrected chi connectivity index (χ1v) is 15.3. The summed E-state index contributed by atoms with van der Waals surface area (Å²) in [6, 6.07) is 0. The molecule has 192 valence electrons. The molecule has 0 spiro atoms. The maximum Gasteiger partial charge on any atom is 0.385 e. The number of nitrogens with zero attached hydrogens (tertiary/aromatic N) is 1. The van der Waals surface area contributed by atoms with E-state index >= 15 is 0 Å². The molecule has 1 N–H and O–H groups in total. The van der Waals surface area contributed by atoms with Crippen LogP contribution in [0.3, 0.4) is 0 Å². The second kappa shape index (κ2) is 20.2. The van der Waals surface area contributed by atoms with Gasteiger partial charge in [0.05, 0.1) is 27.7 Å². The van der Waals surface area contributed by atoms with E-state index in [1.807, 2.05) is 28.1 Å². The van der Waals surface area contributed by atoms with Gasteiger partial charge in [-0.2, -0.15) is 0 Å². The molecule has 0 saturated heterocycles. The van der Waals surface area contributed by atoms with E-state index in [1.54, 1.807) is 0 Å². The highest BCUT2D eigenvalue weighted by molar-refractivity contribution is 7.53. The van der Waals surface area contributed by atoms with Gasteiger partial charge in [0.15, 0.2) is 5.78 Å². The van der Waals surface area contributed by atoms with Crippen molar-refractivity contribution in [3.63, 3.8) is 0 Å². The third-order valence-corrected chi connectivity index (χ3v) is 8.68. The van der Waals surface area contributed by atoms with Crippen molar-refractivity contribution in [1.82, 2.24) is 0 Å². The Balaban J connectivity index is 3.47. The van der Waals surface area contributed by atoms with Crippen molar-refractivity contribution in [2.45, 2.75) is 135 Å². The van der Waals surface area contributed by atoms with Crippen molar-refractivity contribution in [2.24, 2.45) is 0 Å². The number of allylic oxidation sites excluding steroid dienone is 2. The monoisotopic (exact) mass is 474 g/mol. The number of hydrogen-bond donors (Lipinski definition) is 1. The van der Waals surface area contributed by atoms with Crippen molar-refractivity contribution in [3.05, 3.63) is 12.2 Å². The lowest BCUT2D eigenvalue weighted by atomic mass is 10.0. The number of hydrogen-bond acceptors (Lipinski definition) is 2. The van der Waals surface area contributed by atoms with Gasteiger partial charge in [-0.1, -0.05) is 103 Å². The van der Waals surface area contributed by atoms with Gasteiger partial charge >= 0.3 is 7.60 Å². The van der Waals surface area contributed by atoms with Gasteiger partial charge < -0.3 is 13.9 Å². The fourth-order valence-electron chi connectivity index (χ4n) is 4.38. The number of unbranched alkanes of at least 4 members (excludes halogenated alkanes) is 15. The maximum atomic E-state index is 12.5. The molecule has 0 aromatic rings. The zero-order chi connectivity index (χ0) is 24.1. The molecule has 0 amide bonds. The fourth-order valence-corrected chi connectivity index (χ4v) is 6.28. The lowest BCUT2D eigenvalue weighted by Gasteiger charge is -2.35. The molecule has 0 radical (unpaired) electrons. The second-order valence-electron chi connectivity index (χ2n) is 10.4. The highest BCUT2D eigenvalue weighted by atomic mass is 31.2. The predicted octanol–water partition coefficient (Wildman–Crippen LogP) is 8.84. The normalized spacial score (nSPS) is 15.3. The summed E-state index contributed by atoms with van der Waals surface area (Å²) in [6.45, 7) is 4.61. The fraction of sp³-hybridized carbons (Fsp3) is 0.926. The summed E-state index contributed by atoms with van der Waals surface area (Å²) in [7, 11) is 2.29. The smallest absolute Gasteiger partial charge is 0.320 e. The van der Waals surface area contributed by atoms with E-state index in [4.69, 9.17) is 4.52 Å². The maximum absolute atomic E-state index is 12.5. The minimum Gasteiger partial charge on any atom is -0.320 e. The van der Waals surface area contributed by atoms with Crippen molar-refractivity contribution < 1.29 is 18.5 Å². The lowest BCUT2D eigenvalue weighted by Crippen LogP contribution is -2.44. The van der Waals surface area contributed by atoms with E-state index in [2.05, 4.69) is 19.1 Å². The molecule has 32 heavy (non-hydrogen) atoms. The second-order valence-corrected chi connectivity index (χ2v) is 12.4. The first-order chi connectivity index (χ1) is 15.3. The van der Waals surface area contributed by atoms with Crippen LogP contribution in [0.25, 0.3) is 0 Å². The van der Waals surface area contributed by atoms with Crippen LogP contribution in [0, 0.1) is 0 Å². The van der Waals surface area contributed by atoms with Crippen LogP contribution in [-0.4, -0.2) is 42.9 Å². The Labute approximate surface area is 201 Å². The summed E-state index contributed by atoms with van der Waals surface area (Å²) >= 11 is 0. The standard InChI is InChI=1S/C27H56NO3P/c1-6-8-9-10-11-12-13-14-15-16-17-18-19-20-21-22-23-24-25-26-31-32(29,30)27(7-2)28(3,4)5/h20-21,27H,6-19,22-26H2,1-5H3/p+1. The zero-order valence-electron chi connectivity index (χ0n) is 22.3. The Morgan fingerprint density at radius 3 is 1.53 bits per heavy atom. The van der Waals surface area contributed by atoms with Gasteiger partial charge in [0.1, 0.15) is 0 Å². The lowest BCUT2D eigenvalue weighted by molar-refractivity contribution is -0.883. The summed E-state index contributed by atoms with van der Waals surface area (Å²) in [5.74, 6) is -0.356. The molecule has 0 fully saturated rings. The molecule has 0 bridgehead atoms. The van der Waals surface area contributed by atoms with E-state index in [1.165, 1.54) is 83.5 Å². The average molecular weight is 475 g/mol. The van der Waals surface area contributed by atoms with E-state index in [0.29, 0.717) is 17.5 Å². The summed E-state index contributed by atoms with van der Waals surface area (Å²) in [6.07, 6.45) is 27.5. The average Bonchev–Trinajstić information content (AvgIpc) is 2.71. The van der Waals surface area contributed by atoms with Gasteiger partial charge in [-0.05, 0) is 32.1 Å². The first-order valence-electron chi connectivity index (χ1n) is 13.7. The molecule has 0 aromatic carbocycles. The van der Waals surface area contributed by atoms with E-state index in [9.17, 15) is 9.46 Å². The van der Waals surface area contributed by atoms with Gasteiger partial charge in [0.2, 0.25) is 0 Å². The van der Waals surface area contributed by atoms with Gasteiger partial charge in [0.25, 0.3) is 0 Å². The Morgan fingerprint density at radius 2 is 1.12 bits per heavy atom. The molecule has 4 nitrogen and oxygen atoms in total. The quantitative estimate of drug-likeness (QED) is 0.0696. The summed E-state index contributed by atoms with van der Waals surface area (Å²) < 4.78 is 18.4. The van der Waals surface area contributed by atoms with Crippen LogP contribution in [0.1, 0.15) is 129 Å². The van der Waals surface area contributed by atoms with Crippen molar-refractivity contribution >= 4 is 7.60 Å². The molecule has 5 heteroatoms. The van der Waals surface area contributed by atoms with Gasteiger partial charge in [-0.25, -0.2) is 0 Å². The molecule has 0 aliphatic rings. The highest BCUT2D eigenvalue weighted by Crippen LogP contribution is 2.51. The molecule has 0 rings (SSSR count). The topological polar surface area (TPSA) is 46.5 Å². The highest BCUT2D eigenvalue weighted by Gasteiger charge is 2.41. The van der Waals surface area contributed by atoms with E-state index in [0.717, 1.165) is 25.7 Å². The largest absolute Gasteiger partial charge is 0.385 e. The predicted molar refractivity (Wildman–Crippen MR) is 141 cm³/mol. The first kappa shape index (κ1) is 31.9. The van der Waals surface area contributed by atoms with E-state index in [-0.39, 0.29) is 5.78 Å². The van der Waals surface area contributed by atoms with Crippen LogP contribution in [0.2, 0.25) is 0 Å². The molecule has 0 saturated carbocycles. The SMILES string of the molecule is CCCCCCCCCCCCCCC=CCCCCCOP(=O)(O)C(CC)[N+](C)(C)C. The molecule has 0 aromatic heterocycles. The summed E-state index contributed by atoms with van der Waals surface area (Å²) in [5, 5.41) is 0. The van der Waals surface area contributed by atoms with Crippen molar-refractivity contribution in [2.75, 3.05) is 27.7 Å². The third-order valence-electron chi connectivity index (χ3n) is 6.32. The number of quaternary nitrogens is 1. The Hall–Kier alpha value is -0.150. The molecular formula is C27H57NO3P+. The van der Waals surface area contributed by atoms with Crippen LogP contribution in [-0.2, 0) is 9.09 Å². The third kappa shape index (κ3) is 18.3. The van der Waals surface area contributed by atoms with Crippen molar-refractivity contribution in [3.8, 4) is 0 Å². The van der Waals surface area contributed by atoms with Gasteiger partial charge in [0, 0.05) is 6.42 Å². The van der Waals surface area contributed by atoms with Crippen LogP contribution >= 0.6 is 7.60 Å². The molecule has 2 unspecified atom stereocenters. The Bertz CT molecular complexity index is 488. The molecule has 0 aliphatic heterocycles. The minimum atomic E-state index is -3.56. The molecular weight excluding hydrogens is 417 g/mol. The van der Waals surface area contributed by atoms with Crippen LogP contribution < -0.4 is 0 Å². The van der Waals surface area contributed by atoms with E-state index < -0.39 is 7.60 Å². The van der Waals surface area contributed by atoms with Crippen LogP contribution in [0.15, 0.2) is 12.2 Å². The van der Waals surface area contributed by atoms with Crippen molar-refractivity contribution in [1.29, 1.82) is 0 Å². The Morgan fingerprint density at radius 1 is 0.719 bits per heavy atom. The molecule has 2 atom stereocenters. The van der Waals surface area contributed by atoms with Gasteiger partial charge in [-0.15, -0.1) is 0 Å². The molecule has 0 aliphatic carbocycles. The van der Waals surface area contributed by atoms with Crippen LogP contribution in [0.5, 0.6) is 0 Å². The van der Waals surface area contributed by atoms with Gasteiger partial charge in [-0.3, -0.25) is 4.57 Å².